The molecule has 0 atom stereocenters. The molecule has 2 rings (SSSR count). The summed E-state index contributed by atoms with van der Waals surface area (Å²) in [6.07, 6.45) is 4.38. The van der Waals surface area contributed by atoms with Crippen LogP contribution in [0.1, 0.15) is 36.6 Å². The van der Waals surface area contributed by atoms with E-state index < -0.39 is 0 Å². The molecule has 0 aliphatic heterocycles. The fraction of sp³-hybridized carbons (Fsp3) is 0.750. The quantitative estimate of drug-likeness (QED) is 0.873. The van der Waals surface area contributed by atoms with Gasteiger partial charge in [0.1, 0.15) is 5.01 Å². The molecule has 1 aliphatic carbocycles. The number of rotatable bonds is 4. The summed E-state index contributed by atoms with van der Waals surface area (Å²) in [4.78, 5) is 8.08. The van der Waals surface area contributed by atoms with Crippen LogP contribution in [-0.2, 0) is 12.0 Å². The molecule has 0 amide bonds. The summed E-state index contributed by atoms with van der Waals surface area (Å²) in [6, 6.07) is 0. The Hall–Kier alpha value is -0.450. The average molecular weight is 239 g/mol. The van der Waals surface area contributed by atoms with Gasteiger partial charge in [-0.15, -0.1) is 11.3 Å². The fourth-order valence-corrected chi connectivity index (χ4v) is 3.62. The van der Waals surface area contributed by atoms with Crippen LogP contribution in [0.4, 0.5) is 0 Å². The van der Waals surface area contributed by atoms with E-state index in [1.807, 2.05) is 17.5 Å². The van der Waals surface area contributed by atoms with Gasteiger partial charge in [-0.1, -0.05) is 0 Å². The lowest BCUT2D eigenvalue weighted by Crippen LogP contribution is -2.45. The molecule has 0 saturated heterocycles. The van der Waals surface area contributed by atoms with Crippen LogP contribution in [0.25, 0.3) is 0 Å². The van der Waals surface area contributed by atoms with Crippen molar-refractivity contribution in [2.45, 2.75) is 44.2 Å². The molecule has 0 radical (unpaired) electrons. The van der Waals surface area contributed by atoms with Gasteiger partial charge in [0, 0.05) is 28.6 Å². The molecule has 0 unspecified atom stereocenters. The second-order valence-electron chi connectivity index (χ2n) is 5.67. The van der Waals surface area contributed by atoms with Gasteiger partial charge in [0.15, 0.2) is 0 Å². The van der Waals surface area contributed by atoms with Gasteiger partial charge in [-0.25, -0.2) is 4.98 Å². The summed E-state index contributed by atoms with van der Waals surface area (Å²) >= 11 is 1.82. The van der Waals surface area contributed by atoms with E-state index in [0.29, 0.717) is 0 Å². The van der Waals surface area contributed by atoms with E-state index in [9.17, 15) is 0 Å². The van der Waals surface area contributed by atoms with Crippen LogP contribution in [0.3, 0.4) is 0 Å². The molecule has 1 saturated carbocycles. The first kappa shape index (κ1) is 12.0. The van der Waals surface area contributed by atoms with Crippen molar-refractivity contribution in [3.05, 3.63) is 16.1 Å². The second-order valence-corrected chi connectivity index (χ2v) is 6.79. The van der Waals surface area contributed by atoms with Crippen molar-refractivity contribution in [3.8, 4) is 0 Å². The maximum Gasteiger partial charge on any atom is 0.101 e. The monoisotopic (exact) mass is 239 g/mol. The Labute approximate surface area is 102 Å². The first-order chi connectivity index (χ1) is 7.35. The zero-order chi connectivity index (χ0) is 12.0. The van der Waals surface area contributed by atoms with Crippen LogP contribution in [0, 0.1) is 0 Å². The molecule has 1 aromatic rings. The van der Waals surface area contributed by atoms with Crippen LogP contribution in [0.15, 0.2) is 6.20 Å². The largest absolute Gasteiger partial charge is 0.325 e. The van der Waals surface area contributed by atoms with E-state index in [0.717, 1.165) is 6.54 Å². The van der Waals surface area contributed by atoms with Gasteiger partial charge in [-0.2, -0.15) is 0 Å². The minimum atomic E-state index is -0.153. The van der Waals surface area contributed by atoms with Crippen molar-refractivity contribution < 1.29 is 0 Å². The molecule has 90 valence electrons. The van der Waals surface area contributed by atoms with E-state index in [2.05, 4.69) is 37.8 Å². The van der Waals surface area contributed by atoms with Crippen molar-refractivity contribution in [2.75, 3.05) is 14.1 Å². The van der Waals surface area contributed by atoms with Gasteiger partial charge in [-0.3, -0.25) is 0 Å². The first-order valence-electron chi connectivity index (χ1n) is 5.74. The number of nitrogens with zero attached hydrogens (tertiary/aromatic N) is 2. The SMILES string of the molecule is CN(C)Cc1cnc(C2(C(C)(C)N)CC2)s1. The molecule has 1 heterocycles. The van der Waals surface area contributed by atoms with Gasteiger partial charge in [0.25, 0.3) is 0 Å². The minimum absolute atomic E-state index is 0.153. The summed E-state index contributed by atoms with van der Waals surface area (Å²) in [5.74, 6) is 0. The lowest BCUT2D eigenvalue weighted by atomic mass is 9.86. The molecule has 0 bridgehead atoms. The number of aromatic nitrogens is 1. The van der Waals surface area contributed by atoms with Crippen LogP contribution in [0.5, 0.6) is 0 Å². The maximum atomic E-state index is 6.27. The summed E-state index contributed by atoms with van der Waals surface area (Å²) in [5.41, 5.74) is 6.28. The highest BCUT2D eigenvalue weighted by Crippen LogP contribution is 2.55. The van der Waals surface area contributed by atoms with Crippen LogP contribution >= 0.6 is 11.3 Å². The highest BCUT2D eigenvalue weighted by molar-refractivity contribution is 7.11. The molecular formula is C12H21N3S. The maximum absolute atomic E-state index is 6.27. The van der Waals surface area contributed by atoms with Crippen molar-refractivity contribution in [1.29, 1.82) is 0 Å². The summed E-state index contributed by atoms with van der Waals surface area (Å²) in [6.45, 7) is 5.21. The Morgan fingerprint density at radius 3 is 2.56 bits per heavy atom. The predicted molar refractivity (Wildman–Crippen MR) is 68.7 cm³/mol. The molecule has 3 nitrogen and oxygen atoms in total. The van der Waals surface area contributed by atoms with Gasteiger partial charge >= 0.3 is 0 Å². The summed E-state index contributed by atoms with van der Waals surface area (Å²) in [5, 5.41) is 1.23. The van der Waals surface area contributed by atoms with Crippen molar-refractivity contribution in [1.82, 2.24) is 9.88 Å². The second kappa shape index (κ2) is 3.79. The molecule has 16 heavy (non-hydrogen) atoms. The third-order valence-electron chi connectivity index (χ3n) is 3.42. The molecule has 2 N–H and O–H groups in total. The molecule has 0 spiro atoms. The Balaban J connectivity index is 2.20. The highest BCUT2D eigenvalue weighted by Gasteiger charge is 2.55. The number of nitrogens with two attached hydrogens (primary N) is 1. The molecule has 4 heteroatoms. The smallest absolute Gasteiger partial charge is 0.101 e. The normalized spacial score (nSPS) is 19.1. The van der Waals surface area contributed by atoms with E-state index in [1.165, 1.54) is 22.7 Å². The van der Waals surface area contributed by atoms with Gasteiger partial charge < -0.3 is 10.6 Å². The average Bonchev–Trinajstić information content (AvgIpc) is 2.82. The number of hydrogen-bond acceptors (Lipinski definition) is 4. The lowest BCUT2D eigenvalue weighted by molar-refractivity contribution is 0.390. The fourth-order valence-electron chi connectivity index (χ4n) is 2.17. The standard InChI is InChI=1S/C12H21N3S/c1-11(2,13)12(5-6-12)10-14-7-9(16-10)8-15(3)4/h7H,5-6,8,13H2,1-4H3. The van der Waals surface area contributed by atoms with E-state index in [-0.39, 0.29) is 11.0 Å². The highest BCUT2D eigenvalue weighted by atomic mass is 32.1. The lowest BCUT2D eigenvalue weighted by Gasteiger charge is -2.28. The zero-order valence-electron chi connectivity index (χ0n) is 10.6. The minimum Gasteiger partial charge on any atom is -0.325 e. The molecule has 0 aromatic carbocycles. The van der Waals surface area contributed by atoms with Crippen LogP contribution in [0.2, 0.25) is 0 Å². The van der Waals surface area contributed by atoms with E-state index in [4.69, 9.17) is 5.73 Å². The third kappa shape index (κ3) is 2.01. The van der Waals surface area contributed by atoms with Gasteiger partial charge in [0.05, 0.1) is 0 Å². The van der Waals surface area contributed by atoms with Gasteiger partial charge in [-0.05, 0) is 40.8 Å². The van der Waals surface area contributed by atoms with Crippen molar-refractivity contribution in [2.24, 2.45) is 5.73 Å². The number of hydrogen-bond donors (Lipinski definition) is 1. The third-order valence-corrected chi connectivity index (χ3v) is 4.60. The Bertz CT molecular complexity index is 372. The molecular weight excluding hydrogens is 218 g/mol. The van der Waals surface area contributed by atoms with Crippen LogP contribution in [-0.4, -0.2) is 29.5 Å². The first-order valence-corrected chi connectivity index (χ1v) is 6.56. The summed E-state index contributed by atoms with van der Waals surface area (Å²) in [7, 11) is 4.16. The van der Waals surface area contributed by atoms with Crippen molar-refractivity contribution >= 4 is 11.3 Å². The molecule has 1 aromatic heterocycles. The van der Waals surface area contributed by atoms with E-state index >= 15 is 0 Å². The zero-order valence-corrected chi connectivity index (χ0v) is 11.4. The van der Waals surface area contributed by atoms with Crippen LogP contribution < -0.4 is 5.73 Å². The molecule has 1 aliphatic rings. The summed E-state index contributed by atoms with van der Waals surface area (Å²) < 4.78 is 0. The van der Waals surface area contributed by atoms with E-state index in [1.54, 1.807) is 0 Å². The van der Waals surface area contributed by atoms with Gasteiger partial charge in [0.2, 0.25) is 0 Å². The Morgan fingerprint density at radius 1 is 1.50 bits per heavy atom. The topological polar surface area (TPSA) is 42.2 Å². The van der Waals surface area contributed by atoms with Crippen molar-refractivity contribution in [3.63, 3.8) is 0 Å². The molecule has 1 fully saturated rings. The Morgan fingerprint density at radius 2 is 2.12 bits per heavy atom. The number of thiazole rings is 1. The predicted octanol–water partition coefficient (Wildman–Crippen LogP) is 1.97. The Kier molecular flexibility index (Phi) is 2.85.